The van der Waals surface area contributed by atoms with Gasteiger partial charge in [0.05, 0.1) is 17.8 Å². The van der Waals surface area contributed by atoms with Crippen LogP contribution in [0.15, 0.2) is 29.7 Å². The Morgan fingerprint density at radius 3 is 2.54 bits per heavy atom. The van der Waals surface area contributed by atoms with E-state index in [9.17, 15) is 26.7 Å². The smallest absolute Gasteiger partial charge is 0.390 e. The summed E-state index contributed by atoms with van der Waals surface area (Å²) in [6.45, 7) is 2.67. The molecule has 4 heterocycles. The number of aliphatic hydroxyl groups is 1. The maximum Gasteiger partial charge on any atom is 0.420 e. The fourth-order valence-electron chi connectivity index (χ4n) is 3.85. The van der Waals surface area contributed by atoms with Crippen molar-refractivity contribution in [3.8, 4) is 10.7 Å². The predicted molar refractivity (Wildman–Crippen MR) is 127 cm³/mol. The predicted octanol–water partition coefficient (Wildman–Crippen LogP) is 2.88. The molecular formula is C21H25F4N7O3S2. The lowest BCUT2D eigenvalue weighted by molar-refractivity contribution is -0.137. The number of nitrogens with zero attached hydrogens (tertiary/aromatic N) is 6. The lowest BCUT2D eigenvalue weighted by Crippen LogP contribution is -2.50. The van der Waals surface area contributed by atoms with E-state index >= 15 is 4.39 Å². The zero-order valence-electron chi connectivity index (χ0n) is 20.1. The Hall–Kier alpha value is -2.69. The summed E-state index contributed by atoms with van der Waals surface area (Å²) in [4.78, 5) is 12.3. The molecule has 0 aliphatic carbocycles. The number of hydrogen-bond donors (Lipinski definition) is 2. The summed E-state index contributed by atoms with van der Waals surface area (Å²) in [5.41, 5.74) is -2.65. The number of sulfonamides is 1. The van der Waals surface area contributed by atoms with Crippen molar-refractivity contribution < 1.29 is 31.1 Å². The molecule has 37 heavy (non-hydrogen) atoms. The van der Waals surface area contributed by atoms with E-state index in [0.717, 1.165) is 15.6 Å². The van der Waals surface area contributed by atoms with Gasteiger partial charge in [0.15, 0.2) is 0 Å². The number of rotatable bonds is 7. The molecule has 0 radical (unpaired) electrons. The quantitative estimate of drug-likeness (QED) is 0.421. The van der Waals surface area contributed by atoms with Gasteiger partial charge < -0.3 is 10.4 Å². The van der Waals surface area contributed by atoms with E-state index in [4.69, 9.17) is 0 Å². The average Bonchev–Trinajstić information content (AvgIpc) is 3.42. The highest BCUT2D eigenvalue weighted by Crippen LogP contribution is 2.38. The Labute approximate surface area is 214 Å². The Kier molecular flexibility index (Phi) is 7.31. The standard InChI is InChI=1S/C21H25F4N7O3S2/c1-20(2,33)6-12-7-26-18(36-12)17-14(21(23,24)25)9-27-19(30-17)29-16-4-5-32(11-15(16)22)37(34,35)13-8-28-31(3)10-13/h7-10,15-16,33H,4-6,11H2,1-3H3,(H,27,29,30)/t15-,16-/m1/s1. The van der Waals surface area contributed by atoms with Crippen LogP contribution < -0.4 is 5.32 Å². The summed E-state index contributed by atoms with van der Waals surface area (Å²) in [6, 6.07) is -0.924. The minimum atomic E-state index is -4.76. The number of hydrogen-bond acceptors (Lipinski definition) is 9. The first-order chi connectivity index (χ1) is 17.1. The third kappa shape index (κ3) is 6.25. The molecule has 0 saturated carbocycles. The number of alkyl halides is 4. The molecule has 1 aliphatic rings. The van der Waals surface area contributed by atoms with Crippen molar-refractivity contribution in [3.63, 3.8) is 0 Å². The SMILES string of the molecule is Cn1cc(S(=O)(=O)N2CC[C@@H](Nc3ncc(C(F)(F)F)c(-c4ncc(CC(C)(C)O)s4)n3)[C@H](F)C2)cn1. The first kappa shape index (κ1) is 27.3. The third-order valence-corrected chi connectivity index (χ3v) is 8.42. The second kappa shape index (κ2) is 9.89. The number of aryl methyl sites for hydroxylation is 1. The van der Waals surface area contributed by atoms with Crippen LogP contribution in [0.25, 0.3) is 10.7 Å². The van der Waals surface area contributed by atoms with Crippen molar-refractivity contribution in [3.05, 3.63) is 35.2 Å². The summed E-state index contributed by atoms with van der Waals surface area (Å²) in [6.07, 6.45) is -1.73. The first-order valence-electron chi connectivity index (χ1n) is 11.1. The van der Waals surface area contributed by atoms with Crippen LogP contribution >= 0.6 is 11.3 Å². The first-order valence-corrected chi connectivity index (χ1v) is 13.4. The Morgan fingerprint density at radius 1 is 1.22 bits per heavy atom. The highest BCUT2D eigenvalue weighted by molar-refractivity contribution is 7.89. The van der Waals surface area contributed by atoms with E-state index in [-0.39, 0.29) is 35.2 Å². The normalized spacial score (nSPS) is 19.8. The van der Waals surface area contributed by atoms with Crippen molar-refractivity contribution in [1.29, 1.82) is 0 Å². The van der Waals surface area contributed by atoms with E-state index in [1.807, 2.05) is 0 Å². The third-order valence-electron chi connectivity index (χ3n) is 5.59. The van der Waals surface area contributed by atoms with E-state index < -0.39 is 51.8 Å². The molecule has 0 spiro atoms. The topological polar surface area (TPSA) is 126 Å². The van der Waals surface area contributed by atoms with Gasteiger partial charge in [-0.15, -0.1) is 11.3 Å². The number of piperidine rings is 1. The summed E-state index contributed by atoms with van der Waals surface area (Å²) in [7, 11) is -2.38. The lowest BCUT2D eigenvalue weighted by atomic mass is 10.1. The van der Waals surface area contributed by atoms with Gasteiger partial charge in [0.2, 0.25) is 16.0 Å². The molecule has 1 fully saturated rings. The van der Waals surface area contributed by atoms with Crippen LogP contribution in [-0.4, -0.2) is 73.5 Å². The van der Waals surface area contributed by atoms with Crippen LogP contribution in [0, 0.1) is 0 Å². The minimum Gasteiger partial charge on any atom is -0.390 e. The van der Waals surface area contributed by atoms with Gasteiger partial charge in [-0.05, 0) is 20.3 Å². The van der Waals surface area contributed by atoms with E-state index in [0.29, 0.717) is 11.1 Å². The molecule has 10 nitrogen and oxygen atoms in total. The van der Waals surface area contributed by atoms with Crippen molar-refractivity contribution in [2.75, 3.05) is 18.4 Å². The summed E-state index contributed by atoms with van der Waals surface area (Å²) < 4.78 is 83.9. The van der Waals surface area contributed by atoms with Gasteiger partial charge in [0, 0.05) is 50.0 Å². The fourth-order valence-corrected chi connectivity index (χ4v) is 6.44. The lowest BCUT2D eigenvalue weighted by Gasteiger charge is -2.34. The van der Waals surface area contributed by atoms with Crippen molar-refractivity contribution in [2.45, 2.75) is 55.6 Å². The maximum atomic E-state index is 15.0. The molecule has 3 aromatic rings. The highest BCUT2D eigenvalue weighted by Gasteiger charge is 2.39. The number of thiazole rings is 1. The molecule has 2 N–H and O–H groups in total. The number of anilines is 1. The minimum absolute atomic E-state index is 0.0183. The highest BCUT2D eigenvalue weighted by atomic mass is 32.2. The van der Waals surface area contributed by atoms with Gasteiger partial charge in [-0.3, -0.25) is 4.68 Å². The van der Waals surface area contributed by atoms with Gasteiger partial charge in [-0.25, -0.2) is 27.8 Å². The van der Waals surface area contributed by atoms with Gasteiger partial charge in [0.25, 0.3) is 0 Å². The largest absolute Gasteiger partial charge is 0.420 e. The molecule has 1 saturated heterocycles. The molecule has 4 rings (SSSR count). The molecular weight excluding hydrogens is 538 g/mol. The second-order valence-corrected chi connectivity index (χ2v) is 12.4. The summed E-state index contributed by atoms with van der Waals surface area (Å²) in [5, 5.41) is 16.5. The average molecular weight is 564 g/mol. The van der Waals surface area contributed by atoms with E-state index in [1.54, 1.807) is 20.9 Å². The molecule has 2 atom stereocenters. The summed E-state index contributed by atoms with van der Waals surface area (Å²) in [5.74, 6) is -0.238. The molecule has 1 aliphatic heterocycles. The molecule has 0 aromatic carbocycles. The summed E-state index contributed by atoms with van der Waals surface area (Å²) >= 11 is 0.958. The number of halogens is 4. The van der Waals surface area contributed by atoms with Crippen LogP contribution in [0.3, 0.4) is 0 Å². The molecule has 0 amide bonds. The van der Waals surface area contributed by atoms with E-state index in [1.165, 1.54) is 23.3 Å². The van der Waals surface area contributed by atoms with E-state index in [2.05, 4.69) is 25.4 Å². The number of aromatic nitrogens is 5. The van der Waals surface area contributed by atoms with Crippen LogP contribution in [0.2, 0.25) is 0 Å². The van der Waals surface area contributed by atoms with Gasteiger partial charge in [0.1, 0.15) is 27.3 Å². The Balaban J connectivity index is 1.54. The molecule has 0 bridgehead atoms. The fraction of sp³-hybridized carbons (Fsp3) is 0.524. The van der Waals surface area contributed by atoms with Gasteiger partial charge in [-0.1, -0.05) is 0 Å². The van der Waals surface area contributed by atoms with Crippen molar-refractivity contribution in [1.82, 2.24) is 29.0 Å². The number of nitrogens with one attached hydrogen (secondary N) is 1. The second-order valence-electron chi connectivity index (χ2n) is 9.34. The monoisotopic (exact) mass is 563 g/mol. The molecule has 3 aromatic heterocycles. The van der Waals surface area contributed by atoms with Crippen LogP contribution in [-0.2, 0) is 29.7 Å². The molecule has 16 heteroatoms. The Morgan fingerprint density at radius 2 is 1.95 bits per heavy atom. The zero-order chi connectivity index (χ0) is 27.2. The maximum absolute atomic E-state index is 15.0. The van der Waals surface area contributed by atoms with Crippen LogP contribution in [0.1, 0.15) is 30.7 Å². The van der Waals surface area contributed by atoms with Crippen molar-refractivity contribution >= 4 is 27.3 Å². The molecule has 0 unspecified atom stereocenters. The van der Waals surface area contributed by atoms with Crippen LogP contribution in [0.4, 0.5) is 23.5 Å². The van der Waals surface area contributed by atoms with Crippen molar-refractivity contribution in [2.24, 2.45) is 7.05 Å². The van der Waals surface area contributed by atoms with Gasteiger partial charge >= 0.3 is 6.18 Å². The zero-order valence-corrected chi connectivity index (χ0v) is 21.7. The molecule has 202 valence electrons. The Bertz CT molecular complexity index is 1370. The van der Waals surface area contributed by atoms with Gasteiger partial charge in [-0.2, -0.15) is 22.6 Å². The van der Waals surface area contributed by atoms with Crippen LogP contribution in [0.5, 0.6) is 0 Å².